The molecule has 1 heterocycles. The highest BCUT2D eigenvalue weighted by atomic mass is 79.9. The molecule has 7 heteroatoms. The molecular formula is C15H13BrF3NOS. The number of rotatable bonds is 4. The van der Waals surface area contributed by atoms with Gasteiger partial charge in [-0.3, -0.25) is 4.79 Å². The molecule has 118 valence electrons. The average Bonchev–Trinajstić information content (AvgIpc) is 2.79. The van der Waals surface area contributed by atoms with Crippen molar-refractivity contribution in [3.8, 4) is 11.3 Å². The lowest BCUT2D eigenvalue weighted by molar-refractivity contribution is -0.137. The molecular weight excluding hydrogens is 379 g/mol. The molecule has 0 unspecified atom stereocenters. The highest BCUT2D eigenvalue weighted by molar-refractivity contribution is 9.10. The zero-order valence-corrected chi connectivity index (χ0v) is 14.3. The number of Topliss-reactive ketones (excluding diaryl/α,β-unsaturated/α-hetero) is 1. The number of carbonyl (C=O) groups is 1. The predicted octanol–water partition coefficient (Wildman–Crippen LogP) is 5.29. The normalized spacial score (nSPS) is 11.7. The third-order valence-electron chi connectivity index (χ3n) is 2.96. The van der Waals surface area contributed by atoms with Gasteiger partial charge in [-0.05, 0) is 31.5 Å². The third-order valence-corrected chi connectivity index (χ3v) is 4.62. The number of hydrogen-bond acceptors (Lipinski definition) is 3. The first-order valence-corrected chi connectivity index (χ1v) is 8.17. The van der Waals surface area contributed by atoms with Crippen LogP contribution in [-0.4, -0.2) is 10.8 Å². The van der Waals surface area contributed by atoms with Crippen LogP contribution < -0.4 is 0 Å². The Balaban J connectivity index is 2.53. The van der Waals surface area contributed by atoms with Crippen molar-refractivity contribution in [3.63, 3.8) is 0 Å². The fourth-order valence-electron chi connectivity index (χ4n) is 2.04. The van der Waals surface area contributed by atoms with E-state index >= 15 is 0 Å². The van der Waals surface area contributed by atoms with Gasteiger partial charge in [0.25, 0.3) is 0 Å². The summed E-state index contributed by atoms with van der Waals surface area (Å²) in [6.45, 7) is 3.38. The van der Waals surface area contributed by atoms with Crippen LogP contribution in [0.5, 0.6) is 0 Å². The molecule has 1 aromatic heterocycles. The Labute approximate surface area is 138 Å². The molecule has 22 heavy (non-hydrogen) atoms. The van der Waals surface area contributed by atoms with Gasteiger partial charge in [0.1, 0.15) is 10.8 Å². The molecule has 0 radical (unpaired) electrons. The van der Waals surface area contributed by atoms with Crippen LogP contribution in [0.1, 0.15) is 29.3 Å². The van der Waals surface area contributed by atoms with E-state index in [0.29, 0.717) is 27.2 Å². The number of ketones is 1. The number of alkyl halides is 3. The van der Waals surface area contributed by atoms with Crippen molar-refractivity contribution in [1.82, 2.24) is 4.98 Å². The number of benzene rings is 1. The van der Waals surface area contributed by atoms with Crippen LogP contribution in [0.25, 0.3) is 11.3 Å². The van der Waals surface area contributed by atoms with Gasteiger partial charge in [-0.15, -0.1) is 11.3 Å². The summed E-state index contributed by atoms with van der Waals surface area (Å²) in [6.07, 6.45) is -3.56. The standard InChI is InChI=1S/C15H13BrF3NOS/c1-3-12-14(20-13(22-12)4-8(2)21)9-5-10(15(17,18)19)7-11(16)6-9/h5-7H,3-4H2,1-2H3. The maximum Gasteiger partial charge on any atom is 0.416 e. The molecule has 0 amide bonds. The van der Waals surface area contributed by atoms with E-state index in [9.17, 15) is 18.0 Å². The Morgan fingerprint density at radius 3 is 2.55 bits per heavy atom. The quantitative estimate of drug-likeness (QED) is 0.708. The number of aryl methyl sites for hydroxylation is 1. The topological polar surface area (TPSA) is 30.0 Å². The number of halogens is 4. The second kappa shape index (κ2) is 6.50. The van der Waals surface area contributed by atoms with Crippen LogP contribution in [0.4, 0.5) is 13.2 Å². The van der Waals surface area contributed by atoms with Crippen LogP contribution in [0.2, 0.25) is 0 Å². The minimum atomic E-state index is -4.41. The number of nitrogens with zero attached hydrogens (tertiary/aromatic N) is 1. The maximum atomic E-state index is 12.9. The first-order valence-electron chi connectivity index (χ1n) is 6.57. The molecule has 0 atom stereocenters. The molecule has 2 rings (SSSR count). The lowest BCUT2D eigenvalue weighted by Crippen LogP contribution is -2.05. The number of hydrogen-bond donors (Lipinski definition) is 0. The SMILES string of the molecule is CCc1sc(CC(C)=O)nc1-c1cc(Br)cc(C(F)(F)F)c1. The summed E-state index contributed by atoms with van der Waals surface area (Å²) >= 11 is 4.49. The fraction of sp³-hybridized carbons (Fsp3) is 0.333. The highest BCUT2D eigenvalue weighted by Gasteiger charge is 2.31. The predicted molar refractivity (Wildman–Crippen MR) is 84.0 cm³/mol. The Hall–Kier alpha value is -1.21. The first kappa shape index (κ1) is 17.1. The fourth-order valence-corrected chi connectivity index (χ4v) is 3.64. The molecule has 0 aliphatic carbocycles. The molecule has 2 nitrogen and oxygen atoms in total. The van der Waals surface area contributed by atoms with Crippen LogP contribution >= 0.6 is 27.3 Å². The van der Waals surface area contributed by atoms with Gasteiger partial charge in [0.15, 0.2) is 0 Å². The Bertz CT molecular complexity index is 709. The Morgan fingerprint density at radius 2 is 2.00 bits per heavy atom. The summed E-state index contributed by atoms with van der Waals surface area (Å²) in [7, 11) is 0. The molecule has 0 saturated carbocycles. The average molecular weight is 392 g/mol. The minimum Gasteiger partial charge on any atom is -0.300 e. The molecule has 0 aliphatic heterocycles. The van der Waals surface area contributed by atoms with Gasteiger partial charge in [0.2, 0.25) is 0 Å². The first-order chi connectivity index (χ1) is 10.2. The van der Waals surface area contributed by atoms with E-state index in [-0.39, 0.29) is 12.2 Å². The van der Waals surface area contributed by atoms with Crippen molar-refractivity contribution >= 4 is 33.0 Å². The van der Waals surface area contributed by atoms with Gasteiger partial charge < -0.3 is 0 Å². The summed E-state index contributed by atoms with van der Waals surface area (Å²) < 4.78 is 39.2. The van der Waals surface area contributed by atoms with Gasteiger partial charge in [0, 0.05) is 14.9 Å². The molecule has 1 aromatic carbocycles. The number of carbonyl (C=O) groups excluding carboxylic acids is 1. The van der Waals surface area contributed by atoms with E-state index in [1.807, 2.05) is 6.92 Å². The van der Waals surface area contributed by atoms with E-state index in [4.69, 9.17) is 0 Å². The minimum absolute atomic E-state index is 0.0202. The van der Waals surface area contributed by atoms with E-state index in [1.54, 1.807) is 6.07 Å². The van der Waals surface area contributed by atoms with Crippen molar-refractivity contribution < 1.29 is 18.0 Å². The summed E-state index contributed by atoms with van der Waals surface area (Å²) in [4.78, 5) is 16.5. The van der Waals surface area contributed by atoms with Crippen molar-refractivity contribution in [2.75, 3.05) is 0 Å². The lowest BCUT2D eigenvalue weighted by atomic mass is 10.1. The van der Waals surface area contributed by atoms with Crippen LogP contribution in [0.15, 0.2) is 22.7 Å². The molecule has 2 aromatic rings. The Kier molecular flexibility index (Phi) is 5.07. The van der Waals surface area contributed by atoms with Gasteiger partial charge >= 0.3 is 6.18 Å². The van der Waals surface area contributed by atoms with Gasteiger partial charge in [-0.2, -0.15) is 13.2 Å². The lowest BCUT2D eigenvalue weighted by Gasteiger charge is -2.09. The van der Waals surface area contributed by atoms with Crippen molar-refractivity contribution in [2.24, 2.45) is 0 Å². The second-order valence-corrected chi connectivity index (χ2v) is 6.92. The van der Waals surface area contributed by atoms with Crippen molar-refractivity contribution in [1.29, 1.82) is 0 Å². The van der Waals surface area contributed by atoms with Crippen LogP contribution in [-0.2, 0) is 23.8 Å². The number of aromatic nitrogens is 1. The van der Waals surface area contributed by atoms with Crippen molar-refractivity contribution in [3.05, 3.63) is 38.1 Å². The number of thiazole rings is 1. The summed E-state index contributed by atoms with van der Waals surface area (Å²) in [6, 6.07) is 3.75. The van der Waals surface area contributed by atoms with Crippen molar-refractivity contribution in [2.45, 2.75) is 32.9 Å². The molecule has 0 fully saturated rings. The zero-order valence-electron chi connectivity index (χ0n) is 11.9. The maximum absolute atomic E-state index is 12.9. The van der Waals surface area contributed by atoms with E-state index in [1.165, 1.54) is 18.3 Å². The molecule has 0 aliphatic rings. The summed E-state index contributed by atoms with van der Waals surface area (Å²) in [5.74, 6) is -0.0202. The van der Waals surface area contributed by atoms with Crippen LogP contribution in [0, 0.1) is 0 Å². The summed E-state index contributed by atoms with van der Waals surface area (Å²) in [5, 5.41) is 0.632. The van der Waals surface area contributed by atoms with Crippen LogP contribution in [0.3, 0.4) is 0 Å². The molecule has 0 bridgehead atoms. The highest BCUT2D eigenvalue weighted by Crippen LogP contribution is 2.37. The van der Waals surface area contributed by atoms with Gasteiger partial charge in [-0.25, -0.2) is 4.98 Å². The Morgan fingerprint density at radius 1 is 1.32 bits per heavy atom. The van der Waals surface area contributed by atoms with Gasteiger partial charge in [0.05, 0.1) is 17.7 Å². The molecule has 0 N–H and O–H groups in total. The van der Waals surface area contributed by atoms with E-state index in [0.717, 1.165) is 17.0 Å². The second-order valence-electron chi connectivity index (χ2n) is 4.84. The van der Waals surface area contributed by atoms with E-state index in [2.05, 4.69) is 20.9 Å². The summed E-state index contributed by atoms with van der Waals surface area (Å²) in [5.41, 5.74) is 0.209. The van der Waals surface area contributed by atoms with E-state index < -0.39 is 11.7 Å². The molecule has 0 saturated heterocycles. The zero-order chi connectivity index (χ0) is 16.5. The third kappa shape index (κ3) is 3.95. The van der Waals surface area contributed by atoms with Gasteiger partial charge in [-0.1, -0.05) is 22.9 Å². The monoisotopic (exact) mass is 391 g/mol. The largest absolute Gasteiger partial charge is 0.416 e. The smallest absolute Gasteiger partial charge is 0.300 e. The molecule has 0 spiro atoms.